The molecule has 1 aliphatic rings. The van der Waals surface area contributed by atoms with Crippen LogP contribution in [0.3, 0.4) is 0 Å². The number of amides is 2. The van der Waals surface area contributed by atoms with Crippen LogP contribution in [0.1, 0.15) is 28.8 Å². The quantitative estimate of drug-likeness (QED) is 0.777. The minimum atomic E-state index is -0.469. The molecule has 0 atom stereocenters. The zero-order valence-corrected chi connectivity index (χ0v) is 15.9. The van der Waals surface area contributed by atoms with Gasteiger partial charge in [-0.3, -0.25) is 9.59 Å². The number of hydrogen-bond acceptors (Lipinski definition) is 5. The number of esters is 1. The van der Waals surface area contributed by atoms with Crippen LogP contribution in [-0.2, 0) is 14.3 Å². The van der Waals surface area contributed by atoms with Crippen LogP contribution in [0.4, 0.5) is 11.4 Å². The second-order valence-corrected chi connectivity index (χ2v) is 6.50. The Balaban J connectivity index is 1.57. The molecule has 0 radical (unpaired) electrons. The fraction of sp³-hybridized carbons (Fsp3) is 0.286. The highest BCUT2D eigenvalue weighted by Crippen LogP contribution is 2.24. The highest BCUT2D eigenvalue weighted by atomic mass is 16.5. The molecule has 146 valence electrons. The molecule has 3 rings (SSSR count). The number of aryl methyl sites for hydroxylation is 1. The summed E-state index contributed by atoms with van der Waals surface area (Å²) in [5.41, 5.74) is 2.53. The van der Waals surface area contributed by atoms with Crippen molar-refractivity contribution in [3.8, 4) is 5.75 Å². The Labute approximate surface area is 163 Å². The number of hydrogen-bond donors (Lipinski definition) is 1. The molecule has 7 heteroatoms. The third-order valence-corrected chi connectivity index (χ3v) is 4.52. The van der Waals surface area contributed by atoms with Crippen molar-refractivity contribution in [2.45, 2.75) is 19.8 Å². The zero-order valence-electron chi connectivity index (χ0n) is 15.9. The Morgan fingerprint density at radius 1 is 1.14 bits per heavy atom. The van der Waals surface area contributed by atoms with Crippen LogP contribution in [0.2, 0.25) is 0 Å². The Morgan fingerprint density at radius 2 is 1.89 bits per heavy atom. The Kier molecular flexibility index (Phi) is 5.93. The number of carbonyl (C=O) groups is 3. The number of carbonyl (C=O) groups excluding carboxylic acids is 3. The van der Waals surface area contributed by atoms with Crippen molar-refractivity contribution >= 4 is 29.2 Å². The van der Waals surface area contributed by atoms with E-state index < -0.39 is 5.97 Å². The molecule has 1 N–H and O–H groups in total. The first-order chi connectivity index (χ1) is 13.5. The number of anilines is 2. The van der Waals surface area contributed by atoms with E-state index >= 15 is 0 Å². The Hall–Kier alpha value is -3.35. The van der Waals surface area contributed by atoms with Crippen molar-refractivity contribution < 1.29 is 23.9 Å². The first kappa shape index (κ1) is 19.4. The topological polar surface area (TPSA) is 84.9 Å². The van der Waals surface area contributed by atoms with Crippen LogP contribution in [-0.4, -0.2) is 38.0 Å². The van der Waals surface area contributed by atoms with Gasteiger partial charge in [-0.05, 0) is 55.3 Å². The summed E-state index contributed by atoms with van der Waals surface area (Å²) in [6.07, 6.45) is 1.45. The number of rotatable bonds is 6. The van der Waals surface area contributed by atoms with Gasteiger partial charge >= 0.3 is 5.97 Å². The molecule has 0 bridgehead atoms. The van der Waals surface area contributed by atoms with Crippen molar-refractivity contribution in [1.82, 2.24) is 0 Å². The van der Waals surface area contributed by atoms with Gasteiger partial charge in [0, 0.05) is 24.3 Å². The standard InChI is InChI=1S/C21H22N2O5/c1-14-5-6-15(21(26)27-2)12-18(14)22-19(24)13-28-17-9-7-16(8-10-17)23-11-3-4-20(23)25/h5-10,12H,3-4,11,13H2,1-2H3,(H,22,24). The van der Waals surface area contributed by atoms with Crippen molar-refractivity contribution in [1.29, 1.82) is 0 Å². The molecular formula is C21H22N2O5. The molecule has 0 aromatic heterocycles. The molecule has 0 saturated carbocycles. The number of nitrogens with zero attached hydrogens (tertiary/aromatic N) is 1. The monoisotopic (exact) mass is 382 g/mol. The van der Waals surface area contributed by atoms with E-state index in [1.807, 2.05) is 6.92 Å². The third kappa shape index (κ3) is 4.49. The fourth-order valence-electron chi connectivity index (χ4n) is 2.98. The maximum Gasteiger partial charge on any atom is 0.337 e. The maximum absolute atomic E-state index is 12.2. The van der Waals surface area contributed by atoms with Gasteiger partial charge in [-0.15, -0.1) is 0 Å². The molecule has 1 heterocycles. The molecule has 2 amide bonds. The summed E-state index contributed by atoms with van der Waals surface area (Å²) in [6.45, 7) is 2.38. The summed E-state index contributed by atoms with van der Waals surface area (Å²) in [7, 11) is 1.30. The van der Waals surface area contributed by atoms with Crippen LogP contribution in [0.5, 0.6) is 5.75 Å². The summed E-state index contributed by atoms with van der Waals surface area (Å²) >= 11 is 0. The first-order valence-electron chi connectivity index (χ1n) is 9.00. The molecular weight excluding hydrogens is 360 g/mol. The maximum atomic E-state index is 12.2. The summed E-state index contributed by atoms with van der Waals surface area (Å²) in [6, 6.07) is 12.0. The average Bonchev–Trinajstić information content (AvgIpc) is 3.13. The van der Waals surface area contributed by atoms with Gasteiger partial charge in [-0.25, -0.2) is 4.79 Å². The summed E-state index contributed by atoms with van der Waals surface area (Å²) in [4.78, 5) is 37.4. The van der Waals surface area contributed by atoms with Crippen LogP contribution < -0.4 is 15.0 Å². The molecule has 0 aliphatic carbocycles. The van der Waals surface area contributed by atoms with E-state index in [9.17, 15) is 14.4 Å². The second-order valence-electron chi connectivity index (χ2n) is 6.50. The van der Waals surface area contributed by atoms with Crippen LogP contribution >= 0.6 is 0 Å². The van der Waals surface area contributed by atoms with Gasteiger partial charge in [0.2, 0.25) is 5.91 Å². The molecule has 1 fully saturated rings. The number of methoxy groups -OCH3 is 1. The second kappa shape index (κ2) is 8.56. The predicted octanol–water partition coefficient (Wildman–Crippen LogP) is 2.93. The van der Waals surface area contributed by atoms with Crippen molar-refractivity contribution in [2.75, 3.05) is 30.5 Å². The highest BCUT2D eigenvalue weighted by Gasteiger charge is 2.21. The molecule has 1 aliphatic heterocycles. The molecule has 7 nitrogen and oxygen atoms in total. The molecule has 2 aromatic rings. The van der Waals surface area contributed by atoms with E-state index in [0.717, 1.165) is 24.2 Å². The van der Waals surface area contributed by atoms with E-state index in [1.54, 1.807) is 47.4 Å². The summed E-state index contributed by atoms with van der Waals surface area (Å²) in [5.74, 6) is -0.157. The zero-order chi connectivity index (χ0) is 20.1. The van der Waals surface area contributed by atoms with E-state index in [2.05, 4.69) is 5.32 Å². The predicted molar refractivity (Wildman–Crippen MR) is 105 cm³/mol. The van der Waals surface area contributed by atoms with E-state index in [4.69, 9.17) is 9.47 Å². The average molecular weight is 382 g/mol. The fourth-order valence-corrected chi connectivity index (χ4v) is 2.98. The summed E-state index contributed by atoms with van der Waals surface area (Å²) in [5, 5.41) is 2.74. The molecule has 0 spiro atoms. The molecule has 2 aromatic carbocycles. The highest BCUT2D eigenvalue weighted by molar-refractivity contribution is 5.96. The van der Waals surface area contributed by atoms with Gasteiger partial charge in [0.05, 0.1) is 12.7 Å². The van der Waals surface area contributed by atoms with E-state index in [-0.39, 0.29) is 18.4 Å². The number of ether oxygens (including phenoxy) is 2. The Bertz CT molecular complexity index is 892. The SMILES string of the molecule is COC(=O)c1ccc(C)c(NC(=O)COc2ccc(N3CCCC3=O)cc2)c1. The van der Waals surface area contributed by atoms with Gasteiger partial charge in [-0.2, -0.15) is 0 Å². The summed E-state index contributed by atoms with van der Waals surface area (Å²) < 4.78 is 10.2. The normalized spacial score (nSPS) is 13.4. The van der Waals surface area contributed by atoms with Crippen molar-refractivity contribution in [2.24, 2.45) is 0 Å². The van der Waals surface area contributed by atoms with Crippen LogP contribution in [0.25, 0.3) is 0 Å². The van der Waals surface area contributed by atoms with E-state index in [1.165, 1.54) is 7.11 Å². The molecule has 28 heavy (non-hydrogen) atoms. The largest absolute Gasteiger partial charge is 0.484 e. The van der Waals surface area contributed by atoms with Gasteiger partial charge in [0.1, 0.15) is 5.75 Å². The lowest BCUT2D eigenvalue weighted by Gasteiger charge is -2.16. The molecule has 1 saturated heterocycles. The van der Waals surface area contributed by atoms with E-state index in [0.29, 0.717) is 23.4 Å². The third-order valence-electron chi connectivity index (χ3n) is 4.52. The lowest BCUT2D eigenvalue weighted by molar-refractivity contribution is -0.118. The lowest BCUT2D eigenvalue weighted by Crippen LogP contribution is -2.23. The van der Waals surface area contributed by atoms with Gasteiger partial charge in [0.25, 0.3) is 5.91 Å². The van der Waals surface area contributed by atoms with Crippen molar-refractivity contribution in [3.05, 3.63) is 53.6 Å². The lowest BCUT2D eigenvalue weighted by atomic mass is 10.1. The Morgan fingerprint density at radius 3 is 2.54 bits per heavy atom. The minimum absolute atomic E-state index is 0.123. The number of nitrogens with one attached hydrogen (secondary N) is 1. The van der Waals surface area contributed by atoms with Gasteiger partial charge in [-0.1, -0.05) is 6.07 Å². The minimum Gasteiger partial charge on any atom is -0.484 e. The van der Waals surface area contributed by atoms with Crippen molar-refractivity contribution in [3.63, 3.8) is 0 Å². The van der Waals surface area contributed by atoms with Crippen LogP contribution in [0, 0.1) is 6.92 Å². The smallest absolute Gasteiger partial charge is 0.337 e. The first-order valence-corrected chi connectivity index (χ1v) is 9.00. The number of benzene rings is 2. The van der Waals surface area contributed by atoms with Crippen LogP contribution in [0.15, 0.2) is 42.5 Å². The molecule has 0 unspecified atom stereocenters. The van der Waals surface area contributed by atoms with Gasteiger partial charge in [0.15, 0.2) is 6.61 Å². The van der Waals surface area contributed by atoms with Gasteiger partial charge < -0.3 is 19.7 Å².